The number of aliphatic carboxylic acids is 1. The van der Waals surface area contributed by atoms with E-state index in [1.807, 2.05) is 18.2 Å². The third-order valence-electron chi connectivity index (χ3n) is 2.18. The van der Waals surface area contributed by atoms with Crippen LogP contribution in [0.5, 0.6) is 0 Å². The van der Waals surface area contributed by atoms with Crippen molar-refractivity contribution in [1.82, 2.24) is 5.32 Å². The van der Waals surface area contributed by atoms with Gasteiger partial charge in [0, 0.05) is 23.5 Å². The maximum Gasteiger partial charge on any atom is 0.327 e. The van der Waals surface area contributed by atoms with E-state index in [0.717, 1.165) is 5.56 Å². The molecule has 0 bridgehead atoms. The molecule has 0 spiro atoms. The standard InChI is InChI=1S/C12H14ClNO3S/c1-8(15)14-11(12(16)17)7-18-6-9-4-2-3-5-10(9)13/h2-5,11H,6-7H2,1H3,(H,14,15)(H,16,17)/t11-/m0/s1. The fourth-order valence-electron chi connectivity index (χ4n) is 1.32. The number of halogens is 1. The van der Waals surface area contributed by atoms with Gasteiger partial charge in [0.2, 0.25) is 5.91 Å². The van der Waals surface area contributed by atoms with Crippen LogP contribution in [0.3, 0.4) is 0 Å². The van der Waals surface area contributed by atoms with Gasteiger partial charge in [0.15, 0.2) is 0 Å². The van der Waals surface area contributed by atoms with Gasteiger partial charge in [-0.3, -0.25) is 4.79 Å². The van der Waals surface area contributed by atoms with Crippen LogP contribution in [0.2, 0.25) is 5.02 Å². The maximum atomic E-state index is 10.9. The van der Waals surface area contributed by atoms with Gasteiger partial charge in [-0.25, -0.2) is 4.79 Å². The fraction of sp³-hybridized carbons (Fsp3) is 0.333. The largest absolute Gasteiger partial charge is 0.480 e. The minimum Gasteiger partial charge on any atom is -0.480 e. The van der Waals surface area contributed by atoms with Crippen LogP contribution in [0, 0.1) is 0 Å². The van der Waals surface area contributed by atoms with E-state index in [9.17, 15) is 9.59 Å². The Labute approximate surface area is 115 Å². The fourth-order valence-corrected chi connectivity index (χ4v) is 2.66. The second-order valence-electron chi connectivity index (χ2n) is 3.70. The molecule has 0 fully saturated rings. The summed E-state index contributed by atoms with van der Waals surface area (Å²) in [6.07, 6.45) is 0. The van der Waals surface area contributed by atoms with Crippen molar-refractivity contribution in [3.8, 4) is 0 Å². The van der Waals surface area contributed by atoms with Gasteiger partial charge < -0.3 is 10.4 Å². The number of carbonyl (C=O) groups is 2. The van der Waals surface area contributed by atoms with Crippen molar-refractivity contribution in [3.05, 3.63) is 34.9 Å². The van der Waals surface area contributed by atoms with Gasteiger partial charge in [0.05, 0.1) is 0 Å². The molecule has 1 atom stereocenters. The number of carboxylic acid groups (broad SMARTS) is 1. The predicted octanol–water partition coefficient (Wildman–Crippen LogP) is 2.16. The zero-order chi connectivity index (χ0) is 13.5. The number of amides is 1. The van der Waals surface area contributed by atoms with Gasteiger partial charge in [-0.15, -0.1) is 0 Å². The summed E-state index contributed by atoms with van der Waals surface area (Å²) in [7, 11) is 0. The Morgan fingerprint density at radius 1 is 1.44 bits per heavy atom. The predicted molar refractivity (Wildman–Crippen MR) is 72.9 cm³/mol. The summed E-state index contributed by atoms with van der Waals surface area (Å²) >= 11 is 7.41. The zero-order valence-electron chi connectivity index (χ0n) is 9.85. The van der Waals surface area contributed by atoms with Crippen LogP contribution < -0.4 is 5.32 Å². The van der Waals surface area contributed by atoms with Gasteiger partial charge in [0.1, 0.15) is 6.04 Å². The molecular weight excluding hydrogens is 274 g/mol. The van der Waals surface area contributed by atoms with E-state index in [1.165, 1.54) is 18.7 Å². The van der Waals surface area contributed by atoms with Crippen molar-refractivity contribution in [3.63, 3.8) is 0 Å². The van der Waals surface area contributed by atoms with E-state index in [-0.39, 0.29) is 5.91 Å². The summed E-state index contributed by atoms with van der Waals surface area (Å²) in [5, 5.41) is 12.0. The molecule has 2 N–H and O–H groups in total. The molecule has 1 aromatic carbocycles. The Hall–Kier alpha value is -1.20. The van der Waals surface area contributed by atoms with Crippen LogP contribution in [0.4, 0.5) is 0 Å². The van der Waals surface area contributed by atoms with E-state index < -0.39 is 12.0 Å². The highest BCUT2D eigenvalue weighted by molar-refractivity contribution is 7.98. The van der Waals surface area contributed by atoms with Gasteiger partial charge in [0.25, 0.3) is 0 Å². The molecule has 1 amide bonds. The number of carboxylic acids is 1. The van der Waals surface area contributed by atoms with Crippen LogP contribution in [0.15, 0.2) is 24.3 Å². The lowest BCUT2D eigenvalue weighted by Gasteiger charge is -2.12. The molecule has 0 aliphatic heterocycles. The van der Waals surface area contributed by atoms with Gasteiger partial charge in [-0.1, -0.05) is 29.8 Å². The highest BCUT2D eigenvalue weighted by Gasteiger charge is 2.18. The molecule has 1 rings (SSSR count). The summed E-state index contributed by atoms with van der Waals surface area (Å²) in [6, 6.07) is 6.54. The van der Waals surface area contributed by atoms with Gasteiger partial charge in [-0.05, 0) is 11.6 Å². The molecule has 1 aromatic rings. The van der Waals surface area contributed by atoms with Crippen molar-refractivity contribution in [2.24, 2.45) is 0 Å². The molecular formula is C12H14ClNO3S. The summed E-state index contributed by atoms with van der Waals surface area (Å²) < 4.78 is 0. The SMILES string of the molecule is CC(=O)N[C@@H](CSCc1ccccc1Cl)C(=O)O. The summed E-state index contributed by atoms with van der Waals surface area (Å²) in [5.74, 6) is -0.457. The third kappa shape index (κ3) is 4.98. The Kier molecular flexibility index (Phi) is 6.01. The Morgan fingerprint density at radius 2 is 2.11 bits per heavy atom. The Balaban J connectivity index is 2.46. The first kappa shape index (κ1) is 14.9. The van der Waals surface area contributed by atoms with Crippen LogP contribution in [0.25, 0.3) is 0 Å². The average Bonchev–Trinajstić information content (AvgIpc) is 2.29. The Morgan fingerprint density at radius 3 is 2.67 bits per heavy atom. The zero-order valence-corrected chi connectivity index (χ0v) is 11.4. The van der Waals surface area contributed by atoms with Crippen LogP contribution >= 0.6 is 23.4 Å². The molecule has 0 saturated carbocycles. The molecule has 98 valence electrons. The highest BCUT2D eigenvalue weighted by Crippen LogP contribution is 2.21. The van der Waals surface area contributed by atoms with E-state index >= 15 is 0 Å². The topological polar surface area (TPSA) is 66.4 Å². The lowest BCUT2D eigenvalue weighted by atomic mass is 10.2. The molecule has 0 radical (unpaired) electrons. The summed E-state index contributed by atoms with van der Waals surface area (Å²) in [6.45, 7) is 1.30. The van der Waals surface area contributed by atoms with Crippen LogP contribution in [-0.4, -0.2) is 28.8 Å². The van der Waals surface area contributed by atoms with E-state index in [1.54, 1.807) is 6.07 Å². The smallest absolute Gasteiger partial charge is 0.327 e. The quantitative estimate of drug-likeness (QED) is 0.841. The summed E-state index contributed by atoms with van der Waals surface area (Å²) in [5.41, 5.74) is 0.955. The third-order valence-corrected chi connectivity index (χ3v) is 3.63. The minimum absolute atomic E-state index is 0.306. The average molecular weight is 288 g/mol. The maximum absolute atomic E-state index is 10.9. The molecule has 0 heterocycles. The molecule has 18 heavy (non-hydrogen) atoms. The number of carbonyl (C=O) groups excluding carboxylic acids is 1. The highest BCUT2D eigenvalue weighted by atomic mass is 35.5. The van der Waals surface area contributed by atoms with Gasteiger partial charge in [-0.2, -0.15) is 11.8 Å². The van der Waals surface area contributed by atoms with Crippen molar-refractivity contribution in [1.29, 1.82) is 0 Å². The number of thioether (sulfide) groups is 1. The first-order valence-electron chi connectivity index (χ1n) is 5.31. The van der Waals surface area contributed by atoms with Crippen LogP contribution in [-0.2, 0) is 15.3 Å². The van der Waals surface area contributed by atoms with E-state index in [0.29, 0.717) is 16.5 Å². The molecule has 6 heteroatoms. The van der Waals surface area contributed by atoms with Crippen molar-refractivity contribution in [2.75, 3.05) is 5.75 Å². The number of nitrogens with one attached hydrogen (secondary N) is 1. The van der Waals surface area contributed by atoms with E-state index in [4.69, 9.17) is 16.7 Å². The summed E-state index contributed by atoms with van der Waals surface area (Å²) in [4.78, 5) is 21.7. The molecule has 0 aliphatic carbocycles. The number of hydrogen-bond acceptors (Lipinski definition) is 3. The number of hydrogen-bond donors (Lipinski definition) is 2. The van der Waals surface area contributed by atoms with Crippen LogP contribution in [0.1, 0.15) is 12.5 Å². The Bertz CT molecular complexity index is 439. The first-order valence-corrected chi connectivity index (χ1v) is 6.85. The second kappa shape index (κ2) is 7.28. The molecule has 0 aliphatic rings. The number of rotatable bonds is 6. The van der Waals surface area contributed by atoms with Crippen molar-refractivity contribution < 1.29 is 14.7 Å². The normalized spacial score (nSPS) is 11.9. The second-order valence-corrected chi connectivity index (χ2v) is 5.14. The van der Waals surface area contributed by atoms with Gasteiger partial charge >= 0.3 is 5.97 Å². The lowest BCUT2D eigenvalue weighted by Crippen LogP contribution is -2.41. The molecule has 0 aromatic heterocycles. The van der Waals surface area contributed by atoms with Crippen molar-refractivity contribution in [2.45, 2.75) is 18.7 Å². The monoisotopic (exact) mass is 287 g/mol. The van der Waals surface area contributed by atoms with Crippen molar-refractivity contribution >= 4 is 35.2 Å². The molecule has 0 unspecified atom stereocenters. The molecule has 4 nitrogen and oxygen atoms in total. The lowest BCUT2D eigenvalue weighted by molar-refractivity contribution is -0.140. The molecule has 0 saturated heterocycles. The number of benzene rings is 1. The minimum atomic E-state index is -1.03. The first-order chi connectivity index (χ1) is 8.50. The van der Waals surface area contributed by atoms with E-state index in [2.05, 4.69) is 5.32 Å².